The lowest BCUT2D eigenvalue weighted by atomic mass is 10.3. The molecular weight excluding hydrogens is 160 g/mol. The Hall–Kier alpha value is -1.02. The van der Waals surface area contributed by atoms with E-state index in [1.165, 1.54) is 0 Å². The Kier molecular flexibility index (Phi) is 12.2. The zero-order chi connectivity index (χ0) is 9.23. The fourth-order valence-corrected chi connectivity index (χ4v) is 0.773. The number of para-hydroxylation sites is 1. The van der Waals surface area contributed by atoms with Crippen LogP contribution in [0.5, 0.6) is 0 Å². The zero-order valence-electron chi connectivity index (χ0n) is 7.88. The van der Waals surface area contributed by atoms with Gasteiger partial charge < -0.3 is 11.1 Å². The number of nitrogens with one attached hydrogen (secondary N) is 1. The van der Waals surface area contributed by atoms with Gasteiger partial charge in [0.1, 0.15) is 0 Å². The molecule has 0 radical (unpaired) electrons. The first-order valence-electron chi connectivity index (χ1n) is 4.42. The molecule has 0 fully saturated rings. The minimum Gasteiger partial charge on any atom is -0.384 e. The maximum Gasteiger partial charge on any atom is 0.0340 e. The van der Waals surface area contributed by atoms with Crippen molar-refractivity contribution in [3.8, 4) is 0 Å². The Morgan fingerprint density at radius 3 is 2.15 bits per heavy atom. The smallest absolute Gasteiger partial charge is 0.0340 e. The third-order valence-electron chi connectivity index (χ3n) is 1.25. The van der Waals surface area contributed by atoms with Crippen molar-refractivity contribution in [3.05, 3.63) is 30.3 Å². The first-order valence-corrected chi connectivity index (χ1v) is 4.42. The zero-order valence-corrected chi connectivity index (χ0v) is 7.88. The number of benzene rings is 1. The maximum absolute atomic E-state index is 5.31. The largest absolute Gasteiger partial charge is 0.384 e. The fourth-order valence-electron chi connectivity index (χ4n) is 0.773. The van der Waals surface area contributed by atoms with Gasteiger partial charge in [0.05, 0.1) is 0 Å². The molecule has 0 saturated carbocycles. The van der Waals surface area contributed by atoms with E-state index in [2.05, 4.69) is 5.32 Å². The summed E-state index contributed by atoms with van der Waals surface area (Å²) in [7, 11) is 0. The van der Waals surface area contributed by atoms with E-state index in [1.54, 1.807) is 0 Å². The molecule has 1 rings (SSSR count). The van der Waals surface area contributed by atoms with Crippen LogP contribution in [-0.4, -0.2) is 13.1 Å². The first kappa shape index (κ1) is 14.5. The topological polar surface area (TPSA) is 38.0 Å². The molecule has 0 unspecified atom stereocenters. The highest BCUT2D eigenvalue weighted by atomic mass is 14.9. The standard InChI is InChI=1S/C8H12N2.C2H6.CH4/c9-6-7-10-8-4-2-1-3-5-8;1-2;/h1-5,10H,6-7,9H2;1-2H3;1H4. The second-order valence-corrected chi connectivity index (χ2v) is 2.08. The van der Waals surface area contributed by atoms with Crippen LogP contribution in [0.4, 0.5) is 5.69 Å². The van der Waals surface area contributed by atoms with Gasteiger partial charge in [-0.15, -0.1) is 0 Å². The molecule has 0 amide bonds. The van der Waals surface area contributed by atoms with E-state index in [-0.39, 0.29) is 7.43 Å². The first-order chi connectivity index (χ1) is 5.93. The lowest BCUT2D eigenvalue weighted by Gasteiger charge is -2.01. The molecule has 13 heavy (non-hydrogen) atoms. The van der Waals surface area contributed by atoms with Crippen LogP contribution in [0.15, 0.2) is 30.3 Å². The average molecular weight is 182 g/mol. The highest BCUT2D eigenvalue weighted by Crippen LogP contribution is 2.02. The van der Waals surface area contributed by atoms with Gasteiger partial charge in [-0.1, -0.05) is 39.5 Å². The van der Waals surface area contributed by atoms with E-state index in [1.807, 2.05) is 44.2 Å². The third-order valence-corrected chi connectivity index (χ3v) is 1.25. The van der Waals surface area contributed by atoms with E-state index in [4.69, 9.17) is 5.73 Å². The minimum atomic E-state index is 0. The fraction of sp³-hybridized carbons (Fsp3) is 0.455. The summed E-state index contributed by atoms with van der Waals surface area (Å²) in [4.78, 5) is 0. The van der Waals surface area contributed by atoms with E-state index in [0.717, 1.165) is 12.2 Å². The Labute approximate surface area is 82.2 Å². The van der Waals surface area contributed by atoms with E-state index < -0.39 is 0 Å². The van der Waals surface area contributed by atoms with Crippen LogP contribution in [0.3, 0.4) is 0 Å². The molecule has 0 aliphatic rings. The van der Waals surface area contributed by atoms with Crippen molar-refractivity contribution in [3.63, 3.8) is 0 Å². The van der Waals surface area contributed by atoms with Gasteiger partial charge in [0, 0.05) is 18.8 Å². The van der Waals surface area contributed by atoms with Crippen molar-refractivity contribution in [2.75, 3.05) is 18.4 Å². The van der Waals surface area contributed by atoms with E-state index >= 15 is 0 Å². The predicted octanol–water partition coefficient (Wildman–Crippen LogP) is 2.72. The van der Waals surface area contributed by atoms with E-state index in [9.17, 15) is 0 Å². The molecular formula is C11H22N2. The van der Waals surface area contributed by atoms with Gasteiger partial charge in [-0.2, -0.15) is 0 Å². The van der Waals surface area contributed by atoms with Crippen molar-refractivity contribution in [2.45, 2.75) is 21.3 Å². The number of hydrogen-bond donors (Lipinski definition) is 2. The molecule has 2 nitrogen and oxygen atoms in total. The molecule has 0 aliphatic carbocycles. The van der Waals surface area contributed by atoms with Crippen molar-refractivity contribution >= 4 is 5.69 Å². The molecule has 1 aromatic rings. The lowest BCUT2D eigenvalue weighted by molar-refractivity contribution is 1.02. The van der Waals surface area contributed by atoms with Crippen LogP contribution in [0.1, 0.15) is 21.3 Å². The molecule has 0 bridgehead atoms. The molecule has 0 heterocycles. The van der Waals surface area contributed by atoms with Gasteiger partial charge >= 0.3 is 0 Å². The molecule has 3 N–H and O–H groups in total. The normalized spacial score (nSPS) is 7.62. The molecule has 0 aliphatic heterocycles. The van der Waals surface area contributed by atoms with Crippen molar-refractivity contribution in [1.82, 2.24) is 0 Å². The SMILES string of the molecule is C.CC.NCCNc1ccccc1. The third kappa shape index (κ3) is 7.34. The molecule has 1 aromatic carbocycles. The highest BCUT2D eigenvalue weighted by Gasteiger charge is 1.84. The van der Waals surface area contributed by atoms with Gasteiger partial charge in [-0.25, -0.2) is 0 Å². The Morgan fingerprint density at radius 2 is 1.69 bits per heavy atom. The summed E-state index contributed by atoms with van der Waals surface area (Å²) in [6, 6.07) is 10.0. The number of nitrogens with two attached hydrogens (primary N) is 1. The molecule has 0 atom stereocenters. The van der Waals surface area contributed by atoms with Crippen LogP contribution in [0, 0.1) is 0 Å². The molecule has 0 saturated heterocycles. The molecule has 0 aromatic heterocycles. The average Bonchev–Trinajstić information content (AvgIpc) is 2.19. The number of anilines is 1. The highest BCUT2D eigenvalue weighted by molar-refractivity contribution is 5.42. The van der Waals surface area contributed by atoms with Gasteiger partial charge in [0.2, 0.25) is 0 Å². The summed E-state index contributed by atoms with van der Waals surface area (Å²) in [5.74, 6) is 0. The number of rotatable bonds is 3. The summed E-state index contributed by atoms with van der Waals surface area (Å²) in [5, 5.41) is 3.17. The van der Waals surface area contributed by atoms with Crippen LogP contribution in [0.25, 0.3) is 0 Å². The van der Waals surface area contributed by atoms with E-state index in [0.29, 0.717) is 6.54 Å². The summed E-state index contributed by atoms with van der Waals surface area (Å²) in [5.41, 5.74) is 6.45. The summed E-state index contributed by atoms with van der Waals surface area (Å²) in [6.45, 7) is 5.51. The molecule has 0 spiro atoms. The second kappa shape index (κ2) is 11.0. The van der Waals surface area contributed by atoms with Crippen molar-refractivity contribution in [1.29, 1.82) is 0 Å². The van der Waals surface area contributed by atoms with Gasteiger partial charge in [-0.3, -0.25) is 0 Å². The summed E-state index contributed by atoms with van der Waals surface area (Å²) >= 11 is 0. The Morgan fingerprint density at radius 1 is 1.15 bits per heavy atom. The second-order valence-electron chi connectivity index (χ2n) is 2.08. The van der Waals surface area contributed by atoms with Crippen molar-refractivity contribution < 1.29 is 0 Å². The van der Waals surface area contributed by atoms with Crippen LogP contribution in [0.2, 0.25) is 0 Å². The van der Waals surface area contributed by atoms with Crippen LogP contribution >= 0.6 is 0 Å². The quantitative estimate of drug-likeness (QED) is 0.754. The molecule has 2 heteroatoms. The minimum absolute atomic E-state index is 0. The van der Waals surface area contributed by atoms with Gasteiger partial charge in [0.25, 0.3) is 0 Å². The summed E-state index contributed by atoms with van der Waals surface area (Å²) in [6.07, 6.45) is 0. The predicted molar refractivity (Wildman–Crippen MR) is 62.1 cm³/mol. The lowest BCUT2D eigenvalue weighted by Crippen LogP contribution is -2.12. The van der Waals surface area contributed by atoms with Gasteiger partial charge in [0.15, 0.2) is 0 Å². The molecule has 76 valence electrons. The van der Waals surface area contributed by atoms with Crippen LogP contribution < -0.4 is 11.1 Å². The van der Waals surface area contributed by atoms with Crippen LogP contribution in [-0.2, 0) is 0 Å². The maximum atomic E-state index is 5.31. The number of hydrogen-bond acceptors (Lipinski definition) is 2. The Balaban J connectivity index is 0. The van der Waals surface area contributed by atoms with Gasteiger partial charge in [-0.05, 0) is 12.1 Å². The monoisotopic (exact) mass is 182 g/mol. The van der Waals surface area contributed by atoms with Crippen molar-refractivity contribution in [2.24, 2.45) is 5.73 Å². The summed E-state index contributed by atoms with van der Waals surface area (Å²) < 4.78 is 0. The Bertz CT molecular complexity index is 173.